The number of rotatable bonds is 6. The third-order valence-electron chi connectivity index (χ3n) is 5.64. The SMILES string of the molecule is CCOC(=O)C[S+]([O-])c1ccc(C(=O)N2CCN(c3cccc(Cl)c3)C(C)C2C)cc1Br. The van der Waals surface area contributed by atoms with Crippen LogP contribution >= 0.6 is 27.5 Å². The molecule has 172 valence electrons. The van der Waals surface area contributed by atoms with Gasteiger partial charge in [0.25, 0.3) is 5.91 Å². The van der Waals surface area contributed by atoms with Crippen LogP contribution < -0.4 is 4.90 Å². The molecular weight excluding hydrogens is 516 g/mol. The molecule has 3 unspecified atom stereocenters. The summed E-state index contributed by atoms with van der Waals surface area (Å²) in [6.45, 7) is 7.35. The summed E-state index contributed by atoms with van der Waals surface area (Å²) < 4.78 is 17.9. The predicted octanol–water partition coefficient (Wildman–Crippen LogP) is 4.51. The van der Waals surface area contributed by atoms with E-state index in [0.29, 0.717) is 33.0 Å². The quantitative estimate of drug-likeness (QED) is 0.397. The first-order chi connectivity index (χ1) is 15.2. The van der Waals surface area contributed by atoms with Gasteiger partial charge in [-0.15, -0.1) is 0 Å². The molecule has 1 aliphatic heterocycles. The van der Waals surface area contributed by atoms with Crippen molar-refractivity contribution in [1.82, 2.24) is 4.90 Å². The molecule has 1 saturated heterocycles. The molecule has 3 atom stereocenters. The minimum atomic E-state index is -1.56. The van der Waals surface area contributed by atoms with Gasteiger partial charge in [0.15, 0.2) is 4.90 Å². The first-order valence-electron chi connectivity index (χ1n) is 10.4. The first kappa shape index (κ1) is 24.9. The normalized spacial score (nSPS) is 19.6. The zero-order chi connectivity index (χ0) is 23.4. The van der Waals surface area contributed by atoms with Crippen molar-refractivity contribution in [1.29, 1.82) is 0 Å². The molecule has 0 spiro atoms. The highest BCUT2D eigenvalue weighted by Crippen LogP contribution is 2.29. The molecule has 0 saturated carbocycles. The molecule has 6 nitrogen and oxygen atoms in total. The molecule has 9 heteroatoms. The van der Waals surface area contributed by atoms with Gasteiger partial charge in [0.2, 0.25) is 5.75 Å². The fourth-order valence-corrected chi connectivity index (χ4v) is 5.87. The van der Waals surface area contributed by atoms with Crippen LogP contribution in [0.2, 0.25) is 5.02 Å². The maximum Gasteiger partial charge on any atom is 0.356 e. The Labute approximate surface area is 205 Å². The highest BCUT2D eigenvalue weighted by atomic mass is 79.9. The summed E-state index contributed by atoms with van der Waals surface area (Å²) >= 11 is 8.01. The smallest absolute Gasteiger partial charge is 0.356 e. The van der Waals surface area contributed by atoms with Gasteiger partial charge in [0, 0.05) is 41.4 Å². The lowest BCUT2D eigenvalue weighted by Crippen LogP contribution is -2.59. The summed E-state index contributed by atoms with van der Waals surface area (Å²) in [7, 11) is 0. The van der Waals surface area contributed by atoms with E-state index in [4.69, 9.17) is 16.3 Å². The average Bonchev–Trinajstić information content (AvgIpc) is 2.75. The van der Waals surface area contributed by atoms with Crippen LogP contribution in [0.3, 0.4) is 0 Å². The number of anilines is 1. The Morgan fingerprint density at radius 3 is 2.59 bits per heavy atom. The Hall–Kier alpha value is -1.74. The topological polar surface area (TPSA) is 72.9 Å². The lowest BCUT2D eigenvalue weighted by molar-refractivity contribution is -0.139. The van der Waals surface area contributed by atoms with E-state index >= 15 is 0 Å². The maximum atomic E-state index is 13.3. The first-order valence-corrected chi connectivity index (χ1v) is 12.9. The predicted molar refractivity (Wildman–Crippen MR) is 131 cm³/mol. The van der Waals surface area contributed by atoms with Crippen molar-refractivity contribution in [2.45, 2.75) is 37.8 Å². The number of benzene rings is 2. The number of hydrogen-bond donors (Lipinski definition) is 0. The number of halogens is 2. The van der Waals surface area contributed by atoms with Gasteiger partial charge >= 0.3 is 5.97 Å². The molecule has 2 aromatic rings. The average molecular weight is 542 g/mol. The third kappa shape index (κ3) is 5.60. The molecule has 0 aromatic heterocycles. The molecule has 0 aliphatic carbocycles. The Morgan fingerprint density at radius 1 is 1.19 bits per heavy atom. The van der Waals surface area contributed by atoms with Crippen molar-refractivity contribution >= 4 is 56.3 Å². The van der Waals surface area contributed by atoms with Crippen LogP contribution in [0.1, 0.15) is 31.1 Å². The van der Waals surface area contributed by atoms with E-state index in [1.54, 1.807) is 25.1 Å². The van der Waals surface area contributed by atoms with E-state index < -0.39 is 17.1 Å². The number of amides is 1. The van der Waals surface area contributed by atoms with Crippen LogP contribution in [-0.4, -0.2) is 58.9 Å². The molecule has 32 heavy (non-hydrogen) atoms. The highest BCUT2D eigenvalue weighted by Gasteiger charge is 2.34. The van der Waals surface area contributed by atoms with Crippen LogP contribution in [0.15, 0.2) is 51.8 Å². The van der Waals surface area contributed by atoms with E-state index in [1.165, 1.54) is 0 Å². The molecular formula is C23H26BrClN2O4S. The van der Waals surface area contributed by atoms with Gasteiger partial charge in [0.05, 0.1) is 11.1 Å². The number of carbonyl (C=O) groups is 2. The Kier molecular flexibility index (Phi) is 8.49. The monoisotopic (exact) mass is 540 g/mol. The van der Waals surface area contributed by atoms with Gasteiger partial charge in [0.1, 0.15) is 0 Å². The van der Waals surface area contributed by atoms with Gasteiger partial charge in [-0.2, -0.15) is 0 Å². The number of carbonyl (C=O) groups excluding carboxylic acids is 2. The van der Waals surface area contributed by atoms with Crippen LogP contribution in [0, 0.1) is 0 Å². The van der Waals surface area contributed by atoms with Crippen LogP contribution in [0.5, 0.6) is 0 Å². The fraction of sp³-hybridized carbons (Fsp3) is 0.391. The van der Waals surface area contributed by atoms with E-state index in [-0.39, 0.29) is 30.4 Å². The van der Waals surface area contributed by atoms with E-state index in [2.05, 4.69) is 27.8 Å². The van der Waals surface area contributed by atoms with Crippen molar-refractivity contribution < 1.29 is 18.9 Å². The van der Waals surface area contributed by atoms with Crippen LogP contribution in [-0.2, 0) is 20.7 Å². The Bertz CT molecular complexity index is 992. The molecule has 1 heterocycles. The molecule has 0 bridgehead atoms. The summed E-state index contributed by atoms with van der Waals surface area (Å²) in [4.78, 5) is 29.5. The molecule has 0 radical (unpaired) electrons. The molecule has 3 rings (SSSR count). The van der Waals surface area contributed by atoms with E-state index in [0.717, 1.165) is 5.69 Å². The van der Waals surface area contributed by atoms with Crippen molar-refractivity contribution in [2.75, 3.05) is 30.3 Å². The zero-order valence-electron chi connectivity index (χ0n) is 18.2. The fourth-order valence-electron chi connectivity index (χ4n) is 3.82. The van der Waals surface area contributed by atoms with Gasteiger partial charge < -0.3 is 19.1 Å². The summed E-state index contributed by atoms with van der Waals surface area (Å²) in [5, 5.41) is 0.686. The molecule has 2 aromatic carbocycles. The number of hydrogen-bond acceptors (Lipinski definition) is 5. The third-order valence-corrected chi connectivity index (χ3v) is 8.14. The molecule has 1 fully saturated rings. The van der Waals surface area contributed by atoms with Crippen molar-refractivity contribution in [2.24, 2.45) is 0 Å². The summed E-state index contributed by atoms with van der Waals surface area (Å²) in [6.07, 6.45) is 0. The second-order valence-electron chi connectivity index (χ2n) is 7.59. The second-order valence-corrected chi connectivity index (χ2v) is 10.3. The van der Waals surface area contributed by atoms with Crippen molar-refractivity contribution in [3.8, 4) is 0 Å². The highest BCUT2D eigenvalue weighted by molar-refractivity contribution is 9.10. The summed E-state index contributed by atoms with van der Waals surface area (Å²) in [6, 6.07) is 12.8. The van der Waals surface area contributed by atoms with E-state index in [9.17, 15) is 14.1 Å². The van der Waals surface area contributed by atoms with Crippen LogP contribution in [0.4, 0.5) is 5.69 Å². The van der Waals surface area contributed by atoms with Crippen LogP contribution in [0.25, 0.3) is 0 Å². The summed E-state index contributed by atoms with van der Waals surface area (Å²) in [5.74, 6) is -0.823. The van der Waals surface area contributed by atoms with E-state index in [1.807, 2.05) is 36.1 Å². The molecule has 1 aliphatic rings. The summed E-state index contributed by atoms with van der Waals surface area (Å²) in [5.41, 5.74) is 1.55. The number of ether oxygens (including phenoxy) is 1. The molecule has 1 amide bonds. The lowest BCUT2D eigenvalue weighted by Gasteiger charge is -2.46. The zero-order valence-corrected chi connectivity index (χ0v) is 21.4. The number of piperazine rings is 1. The second kappa shape index (κ2) is 10.9. The van der Waals surface area contributed by atoms with Gasteiger partial charge in [-0.05, 0) is 84.3 Å². The number of nitrogens with zero attached hydrogens (tertiary/aromatic N) is 2. The molecule has 0 N–H and O–H groups in total. The van der Waals surface area contributed by atoms with Crippen molar-refractivity contribution in [3.05, 3.63) is 57.5 Å². The Balaban J connectivity index is 1.72. The lowest BCUT2D eigenvalue weighted by atomic mass is 10.0. The largest absolute Gasteiger partial charge is 0.611 e. The van der Waals surface area contributed by atoms with Gasteiger partial charge in [-0.25, -0.2) is 4.79 Å². The standard InChI is InChI=1S/C23H26BrClN2O4S/c1-4-31-22(28)14-32(30)21-9-8-17(12-20(21)24)23(29)27-11-10-26(15(2)16(27)3)19-7-5-6-18(25)13-19/h5-9,12-13,15-16H,4,10-11,14H2,1-3H3. The van der Waals surface area contributed by atoms with Gasteiger partial charge in [-0.3, -0.25) is 4.79 Å². The Morgan fingerprint density at radius 2 is 1.94 bits per heavy atom. The van der Waals surface area contributed by atoms with Gasteiger partial charge in [-0.1, -0.05) is 17.7 Å². The number of esters is 1. The van der Waals surface area contributed by atoms with Crippen molar-refractivity contribution in [3.63, 3.8) is 0 Å². The maximum absolute atomic E-state index is 13.3. The minimum Gasteiger partial charge on any atom is -0.611 e. The minimum absolute atomic E-state index is 0.0216.